The standard InChI is InChI=1S/C27H27ClN2O5/c1-31-25-17-21(33-14-2-11-30-12-15-32-16-13-30)7-9-23(25)27-29-24-10-8-22(18-26(24)35-27)34-20-5-3-19(28)4-6-20/h3-10,17-18H,2,11-16H2,1H3. The molecule has 0 amide bonds. The highest BCUT2D eigenvalue weighted by Gasteiger charge is 2.15. The molecule has 8 heteroatoms. The molecule has 0 unspecified atom stereocenters. The van der Waals surface area contributed by atoms with E-state index in [1.54, 1.807) is 19.2 Å². The highest BCUT2D eigenvalue weighted by molar-refractivity contribution is 6.30. The van der Waals surface area contributed by atoms with Crippen LogP contribution >= 0.6 is 11.6 Å². The number of methoxy groups -OCH3 is 1. The number of fused-ring (bicyclic) bond motifs is 1. The van der Waals surface area contributed by atoms with Crippen LogP contribution in [0.4, 0.5) is 0 Å². The zero-order valence-corrected chi connectivity index (χ0v) is 20.3. The van der Waals surface area contributed by atoms with Gasteiger partial charge in [0.15, 0.2) is 5.58 Å². The summed E-state index contributed by atoms with van der Waals surface area (Å²) in [5, 5.41) is 0.658. The first-order chi connectivity index (χ1) is 17.2. The fourth-order valence-electron chi connectivity index (χ4n) is 3.96. The van der Waals surface area contributed by atoms with Crippen LogP contribution < -0.4 is 14.2 Å². The normalized spacial score (nSPS) is 14.2. The molecule has 1 saturated heterocycles. The molecular formula is C27H27ClN2O5. The van der Waals surface area contributed by atoms with Crippen LogP contribution in [0.1, 0.15) is 6.42 Å². The van der Waals surface area contributed by atoms with Gasteiger partial charge in [-0.15, -0.1) is 0 Å². The molecule has 5 rings (SSSR count). The van der Waals surface area contributed by atoms with Gasteiger partial charge in [-0.25, -0.2) is 4.98 Å². The smallest absolute Gasteiger partial charge is 0.231 e. The van der Waals surface area contributed by atoms with Crippen LogP contribution in [0.5, 0.6) is 23.0 Å². The number of ether oxygens (including phenoxy) is 4. The van der Waals surface area contributed by atoms with Crippen molar-refractivity contribution in [3.8, 4) is 34.5 Å². The van der Waals surface area contributed by atoms with Gasteiger partial charge in [0.2, 0.25) is 5.89 Å². The van der Waals surface area contributed by atoms with Gasteiger partial charge in [-0.1, -0.05) is 11.6 Å². The predicted octanol–water partition coefficient (Wildman–Crippen LogP) is 6.05. The van der Waals surface area contributed by atoms with E-state index in [-0.39, 0.29) is 0 Å². The van der Waals surface area contributed by atoms with Crippen LogP contribution in [0.2, 0.25) is 5.02 Å². The second-order valence-electron chi connectivity index (χ2n) is 8.22. The average Bonchev–Trinajstić information content (AvgIpc) is 3.32. The third kappa shape index (κ3) is 5.88. The van der Waals surface area contributed by atoms with Crippen molar-refractivity contribution in [3.63, 3.8) is 0 Å². The Morgan fingerprint density at radius 3 is 2.51 bits per heavy atom. The number of morpholine rings is 1. The number of hydrogen-bond donors (Lipinski definition) is 0. The van der Waals surface area contributed by atoms with Crippen molar-refractivity contribution in [2.24, 2.45) is 0 Å². The van der Waals surface area contributed by atoms with E-state index in [4.69, 9.17) is 35.0 Å². The van der Waals surface area contributed by atoms with Gasteiger partial charge in [0.05, 0.1) is 32.5 Å². The Bertz CT molecular complexity index is 1270. The van der Waals surface area contributed by atoms with Gasteiger partial charge in [-0.3, -0.25) is 4.90 Å². The number of nitrogens with zero attached hydrogens (tertiary/aromatic N) is 2. The maximum atomic E-state index is 6.05. The molecule has 0 saturated carbocycles. The van der Waals surface area contributed by atoms with Gasteiger partial charge < -0.3 is 23.4 Å². The first kappa shape index (κ1) is 23.5. The minimum Gasteiger partial charge on any atom is -0.496 e. The molecule has 35 heavy (non-hydrogen) atoms. The van der Waals surface area contributed by atoms with Gasteiger partial charge in [0.25, 0.3) is 0 Å². The zero-order chi connectivity index (χ0) is 24.0. The number of benzene rings is 3. The maximum absolute atomic E-state index is 6.05. The van der Waals surface area contributed by atoms with Crippen molar-refractivity contribution in [1.82, 2.24) is 9.88 Å². The molecule has 0 spiro atoms. The van der Waals surface area contributed by atoms with E-state index >= 15 is 0 Å². The van der Waals surface area contributed by atoms with Crippen LogP contribution in [0.3, 0.4) is 0 Å². The van der Waals surface area contributed by atoms with Crippen molar-refractivity contribution >= 4 is 22.7 Å². The largest absolute Gasteiger partial charge is 0.496 e. The topological polar surface area (TPSA) is 66.2 Å². The van der Waals surface area contributed by atoms with Crippen molar-refractivity contribution in [2.75, 3.05) is 46.6 Å². The Morgan fingerprint density at radius 2 is 1.71 bits per heavy atom. The second kappa shape index (κ2) is 11.0. The number of rotatable bonds is 9. The fourth-order valence-corrected chi connectivity index (χ4v) is 4.09. The monoisotopic (exact) mass is 494 g/mol. The molecule has 1 aliphatic rings. The van der Waals surface area contributed by atoms with Gasteiger partial charge in [-0.2, -0.15) is 0 Å². The summed E-state index contributed by atoms with van der Waals surface area (Å²) >= 11 is 5.95. The molecule has 1 aromatic heterocycles. The Labute approximate surface area is 209 Å². The van der Waals surface area contributed by atoms with Crippen LogP contribution in [-0.2, 0) is 4.74 Å². The Hall–Kier alpha value is -3.26. The lowest BCUT2D eigenvalue weighted by Crippen LogP contribution is -2.37. The molecule has 1 aliphatic heterocycles. The molecule has 0 aliphatic carbocycles. The van der Waals surface area contributed by atoms with E-state index in [1.807, 2.05) is 48.5 Å². The molecule has 0 radical (unpaired) electrons. The van der Waals surface area contributed by atoms with Crippen molar-refractivity contribution in [2.45, 2.75) is 6.42 Å². The van der Waals surface area contributed by atoms with Gasteiger partial charge in [0.1, 0.15) is 28.5 Å². The summed E-state index contributed by atoms with van der Waals surface area (Å²) in [4.78, 5) is 7.03. The lowest BCUT2D eigenvalue weighted by atomic mass is 10.2. The quantitative estimate of drug-likeness (QED) is 0.262. The molecule has 0 bridgehead atoms. The second-order valence-corrected chi connectivity index (χ2v) is 8.66. The summed E-state index contributed by atoms with van der Waals surface area (Å²) in [6.07, 6.45) is 0.954. The molecule has 3 aromatic carbocycles. The SMILES string of the molecule is COc1cc(OCCCN2CCOCC2)ccc1-c1nc2ccc(Oc3ccc(Cl)cc3)cc2o1. The summed E-state index contributed by atoms with van der Waals surface area (Å²) in [5.74, 6) is 3.20. The lowest BCUT2D eigenvalue weighted by molar-refractivity contribution is 0.0358. The fraction of sp³-hybridized carbons (Fsp3) is 0.296. The van der Waals surface area contributed by atoms with E-state index in [1.165, 1.54) is 0 Å². The van der Waals surface area contributed by atoms with E-state index in [9.17, 15) is 0 Å². The Balaban J connectivity index is 1.26. The summed E-state index contributed by atoms with van der Waals surface area (Å²) < 4.78 is 28.9. The van der Waals surface area contributed by atoms with Crippen molar-refractivity contribution in [3.05, 3.63) is 65.7 Å². The predicted molar refractivity (Wildman–Crippen MR) is 135 cm³/mol. The van der Waals surface area contributed by atoms with E-state index in [0.29, 0.717) is 40.4 Å². The summed E-state index contributed by atoms with van der Waals surface area (Å²) in [6.45, 7) is 5.24. The van der Waals surface area contributed by atoms with Gasteiger partial charge in [0, 0.05) is 36.8 Å². The van der Waals surface area contributed by atoms with E-state index in [0.717, 1.165) is 56.1 Å². The minimum atomic E-state index is 0.472. The Morgan fingerprint density at radius 1 is 0.943 bits per heavy atom. The summed E-state index contributed by atoms with van der Waals surface area (Å²) in [5.41, 5.74) is 2.11. The average molecular weight is 495 g/mol. The van der Waals surface area contributed by atoms with E-state index in [2.05, 4.69) is 9.88 Å². The summed E-state index contributed by atoms with van der Waals surface area (Å²) in [7, 11) is 1.63. The number of hydrogen-bond acceptors (Lipinski definition) is 7. The highest BCUT2D eigenvalue weighted by Crippen LogP contribution is 2.36. The van der Waals surface area contributed by atoms with Crippen molar-refractivity contribution < 1.29 is 23.4 Å². The molecule has 0 atom stereocenters. The number of halogens is 1. The highest BCUT2D eigenvalue weighted by atomic mass is 35.5. The first-order valence-electron chi connectivity index (χ1n) is 11.6. The molecular weight excluding hydrogens is 468 g/mol. The molecule has 1 fully saturated rings. The third-order valence-corrected chi connectivity index (χ3v) is 6.06. The van der Waals surface area contributed by atoms with Crippen LogP contribution in [0.25, 0.3) is 22.6 Å². The summed E-state index contributed by atoms with van der Waals surface area (Å²) in [6, 6.07) is 18.4. The minimum absolute atomic E-state index is 0.472. The first-order valence-corrected chi connectivity index (χ1v) is 12.0. The van der Waals surface area contributed by atoms with Crippen LogP contribution in [0.15, 0.2) is 65.1 Å². The lowest BCUT2D eigenvalue weighted by Gasteiger charge is -2.26. The molecule has 2 heterocycles. The molecule has 4 aromatic rings. The van der Waals surface area contributed by atoms with E-state index < -0.39 is 0 Å². The number of aromatic nitrogens is 1. The van der Waals surface area contributed by atoms with Crippen LogP contribution in [-0.4, -0.2) is 56.4 Å². The molecule has 182 valence electrons. The van der Waals surface area contributed by atoms with Crippen molar-refractivity contribution in [1.29, 1.82) is 0 Å². The van der Waals surface area contributed by atoms with Crippen LogP contribution in [0, 0.1) is 0 Å². The van der Waals surface area contributed by atoms with Gasteiger partial charge >= 0.3 is 0 Å². The van der Waals surface area contributed by atoms with Gasteiger partial charge in [-0.05, 0) is 55.0 Å². The Kier molecular flexibility index (Phi) is 7.37. The molecule has 0 N–H and O–H groups in total. The maximum Gasteiger partial charge on any atom is 0.231 e. The number of oxazole rings is 1. The third-order valence-electron chi connectivity index (χ3n) is 5.80. The molecule has 7 nitrogen and oxygen atoms in total. The zero-order valence-electron chi connectivity index (χ0n) is 19.5.